The summed E-state index contributed by atoms with van der Waals surface area (Å²) < 4.78 is 0. The Morgan fingerprint density at radius 3 is 2.47 bits per heavy atom. The zero-order valence-corrected chi connectivity index (χ0v) is 29.4. The quantitative estimate of drug-likeness (QED) is 0.264. The number of para-hydroxylation sites is 1. The van der Waals surface area contributed by atoms with Crippen molar-refractivity contribution in [3.63, 3.8) is 0 Å². The monoisotopic (exact) mass is 639 g/mol. The topological polar surface area (TPSA) is 73.6 Å². The van der Waals surface area contributed by atoms with Gasteiger partial charge in [0.25, 0.3) is 0 Å². The highest BCUT2D eigenvalue weighted by Crippen LogP contribution is 2.68. The van der Waals surface area contributed by atoms with Gasteiger partial charge in [0.15, 0.2) is 0 Å². The Labute approximate surface area is 283 Å². The molecular weight excluding hydrogens is 578 g/mol. The van der Waals surface area contributed by atoms with Crippen LogP contribution in [0.5, 0.6) is 0 Å². The van der Waals surface area contributed by atoms with Crippen LogP contribution in [0.4, 0.5) is 0 Å². The first-order valence-corrected chi connectivity index (χ1v) is 19.7. The number of benzene rings is 1. The molecule has 2 unspecified atom stereocenters. The van der Waals surface area contributed by atoms with Crippen LogP contribution in [-0.2, 0) is 6.42 Å². The van der Waals surface area contributed by atoms with Gasteiger partial charge in [-0.05, 0) is 178 Å². The third-order valence-electron chi connectivity index (χ3n) is 16.4. The van der Waals surface area contributed by atoms with Gasteiger partial charge in [-0.3, -0.25) is 4.98 Å². The number of allylic oxidation sites excluding steroid dienone is 1. The summed E-state index contributed by atoms with van der Waals surface area (Å²) in [5.41, 5.74) is 3.84. The lowest BCUT2D eigenvalue weighted by Gasteiger charge is -2.62. The first kappa shape index (κ1) is 32.5. The van der Waals surface area contributed by atoms with E-state index in [1.165, 1.54) is 44.9 Å². The Kier molecular flexibility index (Phi) is 8.45. The molecule has 0 radical (unpaired) electrons. The summed E-state index contributed by atoms with van der Waals surface area (Å²) in [7, 11) is 0. The van der Waals surface area contributed by atoms with Gasteiger partial charge >= 0.3 is 0 Å². The fourth-order valence-electron chi connectivity index (χ4n) is 13.8. The van der Waals surface area contributed by atoms with Crippen molar-refractivity contribution in [1.82, 2.24) is 4.98 Å². The summed E-state index contributed by atoms with van der Waals surface area (Å²) in [6.45, 7) is 11.7. The standard InChI is InChI=1S/C43H61NO3/c1-5-26-20-28-12-11-27(26)21-33(28)41(47)34-24-30(44-38-9-7-6-8-32(34)38)13-10-25(2)35-14-15-36-40-37(17-19-43(35,36)4)42(3)18-16-31(45)22-29(42)23-39(40)46/h5-9,24-29,31,33,35-37,39-41,45-47H,1,10-23H2,2-4H3/t25-,26?,27+,28+,29+,31-,33?,35-,36+,37+,39-,40+,41+,42+,43-/m1/s1. The minimum Gasteiger partial charge on any atom is -0.393 e. The van der Waals surface area contributed by atoms with Gasteiger partial charge in [-0.2, -0.15) is 0 Å². The molecule has 7 aliphatic rings. The number of aromatic nitrogens is 1. The number of hydrogen-bond donors (Lipinski definition) is 3. The molecule has 1 heterocycles. The molecule has 2 aromatic rings. The van der Waals surface area contributed by atoms with E-state index in [1.54, 1.807) is 0 Å². The number of fused-ring (bicyclic) bond motifs is 9. The summed E-state index contributed by atoms with van der Waals surface area (Å²) in [4.78, 5) is 5.17. The van der Waals surface area contributed by atoms with E-state index >= 15 is 0 Å². The van der Waals surface area contributed by atoms with Crippen molar-refractivity contribution in [2.75, 3.05) is 0 Å². The molecule has 1 aromatic carbocycles. The summed E-state index contributed by atoms with van der Waals surface area (Å²) >= 11 is 0. The fourth-order valence-corrected chi connectivity index (χ4v) is 13.8. The molecule has 0 aliphatic heterocycles. The van der Waals surface area contributed by atoms with Gasteiger partial charge in [0.05, 0.1) is 23.8 Å². The molecule has 9 rings (SSSR count). The van der Waals surface area contributed by atoms with Gasteiger partial charge in [-0.1, -0.05) is 45.0 Å². The molecule has 0 spiro atoms. The first-order chi connectivity index (χ1) is 22.6. The van der Waals surface area contributed by atoms with Crippen LogP contribution in [0.3, 0.4) is 0 Å². The number of rotatable bonds is 7. The number of aliphatic hydroxyl groups excluding tert-OH is 3. The van der Waals surface area contributed by atoms with Crippen molar-refractivity contribution in [3.8, 4) is 0 Å². The van der Waals surface area contributed by atoms with E-state index in [-0.39, 0.29) is 17.6 Å². The molecule has 47 heavy (non-hydrogen) atoms. The Morgan fingerprint density at radius 2 is 1.68 bits per heavy atom. The Balaban J connectivity index is 0.987. The van der Waals surface area contributed by atoms with Crippen molar-refractivity contribution in [3.05, 3.63) is 54.2 Å². The van der Waals surface area contributed by atoms with Crippen LogP contribution >= 0.6 is 0 Å². The molecule has 4 nitrogen and oxygen atoms in total. The van der Waals surface area contributed by atoms with Crippen LogP contribution in [0.1, 0.15) is 122 Å². The second-order valence-electron chi connectivity index (χ2n) is 18.3. The van der Waals surface area contributed by atoms with Crippen LogP contribution in [-0.4, -0.2) is 32.5 Å². The highest BCUT2D eigenvalue weighted by atomic mass is 16.3. The average Bonchev–Trinajstić information content (AvgIpc) is 3.44. The minimum atomic E-state index is -0.432. The molecular formula is C43H61NO3. The van der Waals surface area contributed by atoms with Crippen molar-refractivity contribution in [2.45, 2.75) is 129 Å². The molecule has 2 bridgehead atoms. The third kappa shape index (κ3) is 5.29. The lowest BCUT2D eigenvalue weighted by molar-refractivity contribution is -0.174. The predicted molar refractivity (Wildman–Crippen MR) is 189 cm³/mol. The Hall–Kier alpha value is -1.75. The fraction of sp³-hybridized carbons (Fsp3) is 0.744. The summed E-state index contributed by atoms with van der Waals surface area (Å²) in [5, 5.41) is 35.3. The molecule has 7 aliphatic carbocycles. The van der Waals surface area contributed by atoms with Gasteiger partial charge in [0.2, 0.25) is 0 Å². The largest absolute Gasteiger partial charge is 0.393 e. The first-order valence-electron chi connectivity index (χ1n) is 19.7. The second-order valence-corrected chi connectivity index (χ2v) is 18.3. The average molecular weight is 640 g/mol. The molecule has 4 heteroatoms. The van der Waals surface area contributed by atoms with Crippen LogP contribution in [0.2, 0.25) is 0 Å². The Bertz CT molecular complexity index is 1470. The zero-order valence-electron chi connectivity index (χ0n) is 29.4. The van der Waals surface area contributed by atoms with Crippen LogP contribution in [0.25, 0.3) is 10.9 Å². The third-order valence-corrected chi connectivity index (χ3v) is 16.4. The number of hydrogen-bond acceptors (Lipinski definition) is 4. The van der Waals surface area contributed by atoms with E-state index in [1.807, 2.05) is 0 Å². The highest BCUT2D eigenvalue weighted by Gasteiger charge is 2.62. The highest BCUT2D eigenvalue weighted by molar-refractivity contribution is 5.82. The minimum absolute atomic E-state index is 0.175. The van der Waals surface area contributed by atoms with Crippen LogP contribution in [0.15, 0.2) is 43.0 Å². The molecule has 7 saturated carbocycles. The van der Waals surface area contributed by atoms with Crippen LogP contribution < -0.4 is 0 Å². The van der Waals surface area contributed by atoms with Gasteiger partial charge in [-0.15, -0.1) is 6.58 Å². The van der Waals surface area contributed by atoms with E-state index in [0.717, 1.165) is 67.1 Å². The zero-order chi connectivity index (χ0) is 32.7. The van der Waals surface area contributed by atoms with E-state index in [9.17, 15) is 15.3 Å². The molecule has 256 valence electrons. The number of nitrogens with zero attached hydrogens (tertiary/aromatic N) is 1. The van der Waals surface area contributed by atoms with Gasteiger partial charge in [0.1, 0.15) is 0 Å². The lowest BCUT2D eigenvalue weighted by Crippen LogP contribution is -2.58. The van der Waals surface area contributed by atoms with E-state index < -0.39 is 6.10 Å². The smallest absolute Gasteiger partial charge is 0.0828 e. The second kappa shape index (κ2) is 12.2. The molecule has 15 atom stereocenters. The molecule has 7 fully saturated rings. The molecule has 3 N–H and O–H groups in total. The van der Waals surface area contributed by atoms with Crippen molar-refractivity contribution in [1.29, 1.82) is 0 Å². The molecule has 0 amide bonds. The molecule has 1 aromatic heterocycles. The lowest BCUT2D eigenvalue weighted by atomic mass is 9.43. The maximum absolute atomic E-state index is 12.0. The maximum Gasteiger partial charge on any atom is 0.0828 e. The van der Waals surface area contributed by atoms with Crippen molar-refractivity contribution >= 4 is 10.9 Å². The van der Waals surface area contributed by atoms with Crippen molar-refractivity contribution < 1.29 is 15.3 Å². The number of pyridine rings is 1. The van der Waals surface area contributed by atoms with Crippen LogP contribution in [0, 0.1) is 70.0 Å². The van der Waals surface area contributed by atoms with Gasteiger partial charge in [-0.25, -0.2) is 0 Å². The van der Waals surface area contributed by atoms with Gasteiger partial charge < -0.3 is 15.3 Å². The normalized spacial score (nSPS) is 45.5. The summed E-state index contributed by atoms with van der Waals surface area (Å²) in [6.07, 6.45) is 17.2. The van der Waals surface area contributed by atoms with E-state index in [2.05, 4.69) is 63.8 Å². The Morgan fingerprint density at radius 1 is 0.915 bits per heavy atom. The summed E-state index contributed by atoms with van der Waals surface area (Å²) in [5.74, 6) is 5.60. The summed E-state index contributed by atoms with van der Waals surface area (Å²) in [6, 6.07) is 10.7. The molecule has 0 saturated heterocycles. The van der Waals surface area contributed by atoms with Crippen molar-refractivity contribution in [2.24, 2.45) is 70.0 Å². The number of aliphatic hydroxyl groups is 3. The van der Waals surface area contributed by atoms with E-state index in [0.29, 0.717) is 64.6 Å². The number of aryl methyl sites for hydroxylation is 1. The van der Waals surface area contributed by atoms with Gasteiger partial charge in [0, 0.05) is 11.1 Å². The SMILES string of the molecule is C=CC1C[C@@H]2CC[C@H]1CC2[C@H](O)c1cc(CC[C@@H](C)[C@H]2CC[C@H]3[C@@H]4[C@H](O)C[C@@H]5C[C@H](O)CC[C@]5(C)[C@H]4CC[C@]23C)nc2ccccc12. The maximum atomic E-state index is 12.0. The van der Waals surface area contributed by atoms with E-state index in [4.69, 9.17) is 4.98 Å². The predicted octanol–water partition coefficient (Wildman–Crippen LogP) is 9.07.